The molecule has 0 unspecified atom stereocenters. The second kappa shape index (κ2) is 9.65. The maximum Gasteiger partial charge on any atom is 0.339 e. The Morgan fingerprint density at radius 1 is 1.10 bits per heavy atom. The minimum absolute atomic E-state index is 0.0594. The van der Waals surface area contributed by atoms with Crippen molar-refractivity contribution in [2.24, 2.45) is 5.92 Å². The molecule has 1 fully saturated rings. The van der Waals surface area contributed by atoms with E-state index in [2.05, 4.69) is 21.2 Å². The van der Waals surface area contributed by atoms with Crippen molar-refractivity contribution in [1.29, 1.82) is 0 Å². The van der Waals surface area contributed by atoms with E-state index in [1.807, 2.05) is 30.3 Å². The summed E-state index contributed by atoms with van der Waals surface area (Å²) in [7, 11) is 0. The molecule has 0 aromatic heterocycles. The van der Waals surface area contributed by atoms with Crippen LogP contribution in [0.15, 0.2) is 53.0 Å². The fourth-order valence-corrected chi connectivity index (χ4v) is 3.62. The zero-order chi connectivity index (χ0) is 20.8. The molecule has 0 spiro atoms. The van der Waals surface area contributed by atoms with E-state index >= 15 is 0 Å². The molecule has 0 radical (unpaired) electrons. The van der Waals surface area contributed by atoms with Crippen molar-refractivity contribution in [3.63, 3.8) is 0 Å². The third-order valence-corrected chi connectivity index (χ3v) is 5.39. The Balaban J connectivity index is 1.45. The smallest absolute Gasteiger partial charge is 0.339 e. The number of carbonyl (C=O) groups is 3. The summed E-state index contributed by atoms with van der Waals surface area (Å²) >= 11 is 3.10. The van der Waals surface area contributed by atoms with E-state index in [-0.39, 0.29) is 27.8 Å². The molecule has 0 saturated carbocycles. The van der Waals surface area contributed by atoms with Crippen molar-refractivity contribution in [1.82, 2.24) is 4.90 Å². The molecule has 1 aliphatic rings. The van der Waals surface area contributed by atoms with Gasteiger partial charge >= 0.3 is 5.97 Å². The highest BCUT2D eigenvalue weighted by atomic mass is 79.9. The lowest BCUT2D eigenvalue weighted by Crippen LogP contribution is -2.43. The summed E-state index contributed by atoms with van der Waals surface area (Å²) in [5, 5.41) is 2.88. The maximum atomic E-state index is 13.1. The number of likely N-dealkylation sites (tertiary alicyclic amines) is 1. The van der Waals surface area contributed by atoms with Gasteiger partial charge in [-0.25, -0.2) is 9.18 Å². The van der Waals surface area contributed by atoms with Crippen LogP contribution in [0.1, 0.15) is 23.2 Å². The predicted molar refractivity (Wildman–Crippen MR) is 109 cm³/mol. The predicted octanol–water partition coefficient (Wildman–Crippen LogP) is 3.62. The van der Waals surface area contributed by atoms with Crippen molar-refractivity contribution in [3.05, 3.63) is 64.4 Å². The van der Waals surface area contributed by atoms with Gasteiger partial charge in [-0.1, -0.05) is 18.2 Å². The first-order valence-corrected chi connectivity index (χ1v) is 9.99. The van der Waals surface area contributed by atoms with Crippen LogP contribution in [0.5, 0.6) is 0 Å². The van der Waals surface area contributed by atoms with Crippen LogP contribution in [0.25, 0.3) is 0 Å². The number of rotatable bonds is 5. The van der Waals surface area contributed by atoms with Gasteiger partial charge in [0.1, 0.15) is 5.82 Å². The molecule has 1 N–H and O–H groups in total. The Kier molecular flexibility index (Phi) is 6.98. The summed E-state index contributed by atoms with van der Waals surface area (Å²) < 4.78 is 18.4. The molecule has 0 bridgehead atoms. The van der Waals surface area contributed by atoms with Crippen molar-refractivity contribution in [3.8, 4) is 0 Å². The molecule has 0 aliphatic carbocycles. The van der Waals surface area contributed by atoms with Gasteiger partial charge in [-0.2, -0.15) is 0 Å². The summed E-state index contributed by atoms with van der Waals surface area (Å²) in [6.07, 6.45) is 1.09. The van der Waals surface area contributed by atoms with E-state index in [4.69, 9.17) is 4.74 Å². The third kappa shape index (κ3) is 5.63. The van der Waals surface area contributed by atoms with Crippen LogP contribution >= 0.6 is 15.9 Å². The Labute approximate surface area is 176 Å². The van der Waals surface area contributed by atoms with Gasteiger partial charge in [-0.15, -0.1) is 0 Å². The van der Waals surface area contributed by atoms with Crippen molar-refractivity contribution in [2.45, 2.75) is 12.8 Å². The van der Waals surface area contributed by atoms with E-state index < -0.39 is 18.4 Å². The summed E-state index contributed by atoms with van der Waals surface area (Å²) in [6, 6.07) is 12.8. The van der Waals surface area contributed by atoms with Gasteiger partial charge in [0.05, 0.1) is 5.56 Å². The number of hydrogen-bond donors (Lipinski definition) is 1. The van der Waals surface area contributed by atoms with Crippen molar-refractivity contribution < 1.29 is 23.5 Å². The lowest BCUT2D eigenvalue weighted by Gasteiger charge is -2.31. The molecule has 152 valence electrons. The van der Waals surface area contributed by atoms with Gasteiger partial charge in [0.2, 0.25) is 5.91 Å². The topological polar surface area (TPSA) is 75.7 Å². The van der Waals surface area contributed by atoms with Crippen molar-refractivity contribution >= 4 is 39.4 Å². The number of piperidine rings is 1. The molecule has 1 aliphatic heterocycles. The Morgan fingerprint density at radius 2 is 1.79 bits per heavy atom. The Bertz CT molecular complexity index is 899. The van der Waals surface area contributed by atoms with Gasteiger partial charge in [0, 0.05) is 29.2 Å². The van der Waals surface area contributed by atoms with E-state index in [1.54, 1.807) is 4.90 Å². The average molecular weight is 463 g/mol. The number of amides is 2. The summed E-state index contributed by atoms with van der Waals surface area (Å²) in [5.74, 6) is -1.74. The van der Waals surface area contributed by atoms with Gasteiger partial charge in [-0.05, 0) is 59.1 Å². The Hall–Kier alpha value is -2.74. The van der Waals surface area contributed by atoms with Gasteiger partial charge in [-0.3, -0.25) is 9.59 Å². The molecule has 8 heteroatoms. The molecule has 2 amide bonds. The first-order valence-electron chi connectivity index (χ1n) is 9.20. The zero-order valence-electron chi connectivity index (χ0n) is 15.6. The number of ether oxygens (including phenoxy) is 1. The number of anilines is 1. The minimum atomic E-state index is -0.706. The van der Waals surface area contributed by atoms with E-state index in [9.17, 15) is 18.8 Å². The lowest BCUT2D eigenvalue weighted by molar-refractivity contribution is -0.137. The average Bonchev–Trinajstić information content (AvgIpc) is 2.72. The second-order valence-corrected chi connectivity index (χ2v) is 7.56. The second-order valence-electron chi connectivity index (χ2n) is 6.71. The quantitative estimate of drug-likeness (QED) is 0.688. The van der Waals surface area contributed by atoms with Crippen LogP contribution in [-0.2, 0) is 14.3 Å². The SMILES string of the molecule is O=C(OCC(=O)N1CCC(C(=O)Nc2ccccc2)CC1)c1ccc(F)cc1Br. The molecule has 1 heterocycles. The van der Waals surface area contributed by atoms with Crippen LogP contribution < -0.4 is 5.32 Å². The van der Waals surface area contributed by atoms with Crippen LogP contribution in [0.2, 0.25) is 0 Å². The highest BCUT2D eigenvalue weighted by Crippen LogP contribution is 2.21. The highest BCUT2D eigenvalue weighted by Gasteiger charge is 2.28. The fourth-order valence-electron chi connectivity index (χ4n) is 3.11. The zero-order valence-corrected chi connectivity index (χ0v) is 17.2. The van der Waals surface area contributed by atoms with E-state index in [0.717, 1.165) is 17.8 Å². The number of esters is 1. The molecule has 6 nitrogen and oxygen atoms in total. The van der Waals surface area contributed by atoms with Crippen LogP contribution in [-0.4, -0.2) is 42.4 Å². The van der Waals surface area contributed by atoms with Crippen LogP contribution in [0.4, 0.5) is 10.1 Å². The summed E-state index contributed by atoms with van der Waals surface area (Å²) in [6.45, 7) is 0.441. The van der Waals surface area contributed by atoms with E-state index in [1.165, 1.54) is 6.07 Å². The van der Waals surface area contributed by atoms with Gasteiger partial charge in [0.15, 0.2) is 6.61 Å². The number of nitrogens with zero attached hydrogens (tertiary/aromatic N) is 1. The van der Waals surface area contributed by atoms with Crippen molar-refractivity contribution in [2.75, 3.05) is 25.0 Å². The number of hydrogen-bond acceptors (Lipinski definition) is 4. The van der Waals surface area contributed by atoms with Gasteiger partial charge in [0.25, 0.3) is 5.91 Å². The number of halogens is 2. The molecule has 2 aromatic rings. The molecule has 0 atom stereocenters. The number of benzene rings is 2. The number of para-hydroxylation sites is 1. The standard InChI is InChI=1S/C21H20BrFN2O4/c22-18-12-15(23)6-7-17(18)21(28)29-13-19(26)25-10-8-14(9-11-25)20(27)24-16-4-2-1-3-5-16/h1-7,12,14H,8-11,13H2,(H,24,27). The highest BCUT2D eigenvalue weighted by molar-refractivity contribution is 9.10. The molecule has 3 rings (SSSR count). The van der Waals surface area contributed by atoms with Crippen LogP contribution in [0, 0.1) is 11.7 Å². The number of carbonyl (C=O) groups excluding carboxylic acids is 3. The largest absolute Gasteiger partial charge is 0.452 e. The maximum absolute atomic E-state index is 13.1. The lowest BCUT2D eigenvalue weighted by atomic mass is 9.95. The van der Waals surface area contributed by atoms with Gasteiger partial charge < -0.3 is 15.0 Å². The van der Waals surface area contributed by atoms with Crippen LogP contribution in [0.3, 0.4) is 0 Å². The normalized spacial score (nSPS) is 14.3. The number of nitrogens with one attached hydrogen (secondary N) is 1. The first-order chi connectivity index (χ1) is 13.9. The molecular formula is C21H20BrFN2O4. The van der Waals surface area contributed by atoms with E-state index in [0.29, 0.717) is 25.9 Å². The first kappa shape index (κ1) is 21.0. The monoisotopic (exact) mass is 462 g/mol. The minimum Gasteiger partial charge on any atom is -0.452 e. The summed E-state index contributed by atoms with van der Waals surface area (Å²) in [5.41, 5.74) is 0.894. The Morgan fingerprint density at radius 3 is 2.45 bits per heavy atom. The summed E-state index contributed by atoms with van der Waals surface area (Å²) in [4.78, 5) is 38.3. The third-order valence-electron chi connectivity index (χ3n) is 4.74. The molecular weight excluding hydrogens is 443 g/mol. The molecule has 2 aromatic carbocycles. The molecule has 29 heavy (non-hydrogen) atoms. The fraction of sp³-hybridized carbons (Fsp3) is 0.286. The molecule has 1 saturated heterocycles.